The van der Waals surface area contributed by atoms with Gasteiger partial charge in [0, 0.05) is 24.4 Å². The van der Waals surface area contributed by atoms with Crippen molar-refractivity contribution in [1.82, 2.24) is 0 Å². The number of rotatable bonds is 6. The number of anilines is 1. The summed E-state index contributed by atoms with van der Waals surface area (Å²) in [5.41, 5.74) is 2.52. The third-order valence-corrected chi connectivity index (χ3v) is 4.20. The summed E-state index contributed by atoms with van der Waals surface area (Å²) in [5, 5.41) is 3.63. The Morgan fingerprint density at radius 2 is 1.89 bits per heavy atom. The Morgan fingerprint density at radius 3 is 2.63 bits per heavy atom. The minimum absolute atomic E-state index is 0.710. The van der Waals surface area contributed by atoms with Crippen LogP contribution in [0.5, 0.6) is 0 Å². The maximum absolute atomic E-state index is 5.53. The van der Waals surface area contributed by atoms with Crippen LogP contribution in [0, 0.1) is 11.8 Å². The second-order valence-electron chi connectivity index (χ2n) is 5.80. The van der Waals surface area contributed by atoms with Gasteiger partial charge in [0.2, 0.25) is 0 Å². The minimum Gasteiger partial charge on any atom is -0.384 e. The summed E-state index contributed by atoms with van der Waals surface area (Å²) in [7, 11) is 0. The molecule has 1 fully saturated rings. The first-order valence-electron chi connectivity index (χ1n) is 7.69. The van der Waals surface area contributed by atoms with Crippen LogP contribution in [0.3, 0.4) is 0 Å². The van der Waals surface area contributed by atoms with Gasteiger partial charge >= 0.3 is 0 Å². The fraction of sp³-hybridized carbons (Fsp3) is 0.647. The Morgan fingerprint density at radius 1 is 1.16 bits per heavy atom. The molecule has 0 bridgehead atoms. The third-order valence-electron chi connectivity index (χ3n) is 4.20. The van der Waals surface area contributed by atoms with Gasteiger partial charge in [0.1, 0.15) is 0 Å². The summed E-state index contributed by atoms with van der Waals surface area (Å²) in [6.45, 7) is 7.01. The number of hydrogen-bond acceptors (Lipinski definition) is 2. The van der Waals surface area contributed by atoms with Crippen molar-refractivity contribution in [3.8, 4) is 0 Å². The van der Waals surface area contributed by atoms with E-state index in [-0.39, 0.29) is 0 Å². The molecule has 1 N–H and O–H groups in total. The molecule has 1 saturated carbocycles. The number of ether oxygens (including phenoxy) is 1. The van der Waals surface area contributed by atoms with E-state index in [1.165, 1.54) is 36.9 Å². The van der Waals surface area contributed by atoms with Gasteiger partial charge in [-0.3, -0.25) is 0 Å². The average molecular weight is 261 g/mol. The van der Waals surface area contributed by atoms with Crippen LogP contribution >= 0.6 is 0 Å². The summed E-state index contributed by atoms with van der Waals surface area (Å²) in [6, 6.07) is 8.50. The van der Waals surface area contributed by atoms with Crippen molar-refractivity contribution in [3.63, 3.8) is 0 Å². The molecule has 0 radical (unpaired) electrons. The van der Waals surface area contributed by atoms with Gasteiger partial charge in [0.15, 0.2) is 0 Å². The van der Waals surface area contributed by atoms with Gasteiger partial charge in [0.05, 0.1) is 6.61 Å². The molecule has 1 aliphatic carbocycles. The number of benzene rings is 1. The van der Waals surface area contributed by atoms with Crippen molar-refractivity contribution in [2.45, 2.75) is 46.1 Å². The van der Waals surface area contributed by atoms with Crippen LogP contribution in [-0.4, -0.2) is 13.2 Å². The zero-order valence-electron chi connectivity index (χ0n) is 12.3. The third kappa shape index (κ3) is 4.54. The molecule has 0 aliphatic heterocycles. The SMILES string of the molecule is CCOCc1ccccc1NCC1CCC(C)CC1. The summed E-state index contributed by atoms with van der Waals surface area (Å²) >= 11 is 0. The van der Waals surface area contributed by atoms with Gasteiger partial charge in [-0.1, -0.05) is 38.0 Å². The Balaban J connectivity index is 1.84. The molecule has 1 aromatic carbocycles. The number of hydrogen-bond donors (Lipinski definition) is 1. The van der Waals surface area contributed by atoms with Crippen LogP contribution < -0.4 is 5.32 Å². The largest absolute Gasteiger partial charge is 0.384 e. The number of nitrogens with one attached hydrogen (secondary N) is 1. The highest BCUT2D eigenvalue weighted by Crippen LogP contribution is 2.28. The van der Waals surface area contributed by atoms with E-state index in [1.807, 2.05) is 6.92 Å². The molecule has 0 unspecified atom stereocenters. The molecule has 2 nitrogen and oxygen atoms in total. The smallest absolute Gasteiger partial charge is 0.0736 e. The fourth-order valence-electron chi connectivity index (χ4n) is 2.82. The molecule has 0 aromatic heterocycles. The fourth-order valence-corrected chi connectivity index (χ4v) is 2.82. The lowest BCUT2D eigenvalue weighted by atomic mass is 9.83. The summed E-state index contributed by atoms with van der Waals surface area (Å²) in [5.74, 6) is 1.78. The van der Waals surface area contributed by atoms with Crippen molar-refractivity contribution in [1.29, 1.82) is 0 Å². The molecule has 1 aromatic rings. The lowest BCUT2D eigenvalue weighted by molar-refractivity contribution is 0.134. The summed E-state index contributed by atoms with van der Waals surface area (Å²) in [4.78, 5) is 0. The predicted octanol–water partition coefficient (Wildman–Crippen LogP) is 4.46. The van der Waals surface area contributed by atoms with E-state index in [0.29, 0.717) is 6.61 Å². The van der Waals surface area contributed by atoms with Gasteiger partial charge in [0.25, 0.3) is 0 Å². The first kappa shape index (κ1) is 14.4. The lowest BCUT2D eigenvalue weighted by Crippen LogP contribution is -2.20. The maximum atomic E-state index is 5.53. The summed E-state index contributed by atoms with van der Waals surface area (Å²) < 4.78 is 5.53. The number of para-hydroxylation sites is 1. The van der Waals surface area contributed by atoms with Crippen molar-refractivity contribution >= 4 is 5.69 Å². The highest BCUT2D eigenvalue weighted by Gasteiger charge is 2.18. The lowest BCUT2D eigenvalue weighted by Gasteiger charge is -2.27. The standard InChI is InChI=1S/C17H27NO/c1-3-19-13-16-6-4-5-7-17(16)18-12-15-10-8-14(2)9-11-15/h4-7,14-15,18H,3,8-13H2,1-2H3. The van der Waals surface area contributed by atoms with E-state index in [4.69, 9.17) is 4.74 Å². The normalized spacial score (nSPS) is 23.3. The van der Waals surface area contributed by atoms with Crippen LogP contribution in [0.25, 0.3) is 0 Å². The van der Waals surface area contributed by atoms with Crippen molar-refractivity contribution in [3.05, 3.63) is 29.8 Å². The van der Waals surface area contributed by atoms with Crippen LogP contribution in [0.4, 0.5) is 5.69 Å². The molecular formula is C17H27NO. The van der Waals surface area contributed by atoms with Crippen LogP contribution in [-0.2, 0) is 11.3 Å². The Bertz CT molecular complexity index is 369. The van der Waals surface area contributed by atoms with Crippen molar-refractivity contribution in [2.75, 3.05) is 18.5 Å². The molecule has 0 atom stereocenters. The van der Waals surface area contributed by atoms with Gasteiger partial charge < -0.3 is 10.1 Å². The molecule has 0 spiro atoms. The summed E-state index contributed by atoms with van der Waals surface area (Å²) in [6.07, 6.45) is 5.55. The molecule has 0 amide bonds. The van der Waals surface area contributed by atoms with E-state index in [2.05, 4.69) is 36.5 Å². The first-order valence-corrected chi connectivity index (χ1v) is 7.69. The Kier molecular flexibility index (Phi) is 5.71. The highest BCUT2D eigenvalue weighted by atomic mass is 16.5. The van der Waals surface area contributed by atoms with Gasteiger partial charge in [-0.05, 0) is 37.7 Å². The molecule has 2 rings (SSSR count). The zero-order valence-corrected chi connectivity index (χ0v) is 12.3. The molecule has 0 heterocycles. The van der Waals surface area contributed by atoms with Crippen LogP contribution in [0.1, 0.15) is 45.1 Å². The Hall–Kier alpha value is -1.02. The van der Waals surface area contributed by atoms with E-state index in [1.54, 1.807) is 0 Å². The predicted molar refractivity (Wildman–Crippen MR) is 81.4 cm³/mol. The van der Waals surface area contributed by atoms with E-state index in [0.717, 1.165) is 25.0 Å². The molecule has 106 valence electrons. The van der Waals surface area contributed by atoms with E-state index < -0.39 is 0 Å². The monoisotopic (exact) mass is 261 g/mol. The van der Waals surface area contributed by atoms with Crippen LogP contribution in [0.15, 0.2) is 24.3 Å². The van der Waals surface area contributed by atoms with Gasteiger partial charge in [-0.25, -0.2) is 0 Å². The Labute approximate surface area is 117 Å². The molecule has 0 saturated heterocycles. The van der Waals surface area contributed by atoms with Gasteiger partial charge in [-0.15, -0.1) is 0 Å². The van der Waals surface area contributed by atoms with Crippen molar-refractivity contribution < 1.29 is 4.74 Å². The minimum atomic E-state index is 0.710. The van der Waals surface area contributed by atoms with Crippen LogP contribution in [0.2, 0.25) is 0 Å². The highest BCUT2D eigenvalue weighted by molar-refractivity contribution is 5.50. The second-order valence-corrected chi connectivity index (χ2v) is 5.80. The average Bonchev–Trinajstić information content (AvgIpc) is 2.45. The molecular weight excluding hydrogens is 234 g/mol. The molecule has 2 heteroatoms. The molecule has 19 heavy (non-hydrogen) atoms. The van der Waals surface area contributed by atoms with Gasteiger partial charge in [-0.2, -0.15) is 0 Å². The zero-order chi connectivity index (χ0) is 13.5. The first-order chi connectivity index (χ1) is 9.29. The van der Waals surface area contributed by atoms with Crippen molar-refractivity contribution in [2.24, 2.45) is 11.8 Å². The quantitative estimate of drug-likeness (QED) is 0.816. The van der Waals surface area contributed by atoms with E-state index in [9.17, 15) is 0 Å². The molecule has 1 aliphatic rings. The maximum Gasteiger partial charge on any atom is 0.0736 e. The second kappa shape index (κ2) is 7.54. The van der Waals surface area contributed by atoms with E-state index >= 15 is 0 Å². The topological polar surface area (TPSA) is 21.3 Å².